The van der Waals surface area contributed by atoms with Crippen molar-refractivity contribution in [1.82, 2.24) is 16.0 Å². The smallest absolute Gasteiger partial charge is 0.322 e. The number of hydrogen-bond donors (Lipinski definition) is 4. The van der Waals surface area contributed by atoms with E-state index in [0.717, 1.165) is 5.70 Å². The third-order valence-corrected chi connectivity index (χ3v) is 1.62. The van der Waals surface area contributed by atoms with Crippen molar-refractivity contribution in [2.75, 3.05) is 19.6 Å². The van der Waals surface area contributed by atoms with Gasteiger partial charge in [0.05, 0.1) is 6.54 Å². The summed E-state index contributed by atoms with van der Waals surface area (Å²) in [5.74, 6) is -1.36. The van der Waals surface area contributed by atoms with E-state index in [4.69, 9.17) is 5.11 Å². The molecule has 0 aromatic heterocycles. The SMILES string of the molecule is C=CNCC(=C)NCCC(=O)NCC(=O)O. The van der Waals surface area contributed by atoms with Crippen LogP contribution in [-0.2, 0) is 9.59 Å². The molecule has 6 heteroatoms. The maximum absolute atomic E-state index is 11.1. The zero-order valence-electron chi connectivity index (χ0n) is 9.08. The van der Waals surface area contributed by atoms with E-state index in [1.165, 1.54) is 0 Å². The largest absolute Gasteiger partial charge is 0.480 e. The van der Waals surface area contributed by atoms with Crippen molar-refractivity contribution >= 4 is 11.9 Å². The Morgan fingerprint density at radius 1 is 1.25 bits per heavy atom. The van der Waals surface area contributed by atoms with Gasteiger partial charge < -0.3 is 21.1 Å². The van der Waals surface area contributed by atoms with Gasteiger partial charge in [0.2, 0.25) is 5.91 Å². The molecule has 0 spiro atoms. The minimum atomic E-state index is -1.05. The van der Waals surface area contributed by atoms with E-state index in [-0.39, 0.29) is 18.9 Å². The fraction of sp³-hybridized carbons (Fsp3) is 0.400. The molecule has 1 amide bonds. The van der Waals surface area contributed by atoms with E-state index in [9.17, 15) is 9.59 Å². The molecule has 0 atom stereocenters. The second-order valence-electron chi connectivity index (χ2n) is 3.04. The standard InChI is InChI=1S/C10H17N3O3/c1-3-11-6-8(2)12-5-4-9(14)13-7-10(15)16/h3,11-12H,1-2,4-7H2,(H,13,14)(H,15,16). The number of aliphatic carboxylic acids is 1. The van der Waals surface area contributed by atoms with Crippen molar-refractivity contribution in [3.8, 4) is 0 Å². The average Bonchev–Trinajstić information content (AvgIpc) is 2.23. The first-order valence-electron chi connectivity index (χ1n) is 4.80. The summed E-state index contributed by atoms with van der Waals surface area (Å²) < 4.78 is 0. The molecule has 6 nitrogen and oxygen atoms in total. The number of nitrogens with one attached hydrogen (secondary N) is 3. The highest BCUT2D eigenvalue weighted by Crippen LogP contribution is 1.83. The van der Waals surface area contributed by atoms with Crippen LogP contribution in [0.2, 0.25) is 0 Å². The van der Waals surface area contributed by atoms with Crippen molar-refractivity contribution in [1.29, 1.82) is 0 Å². The van der Waals surface area contributed by atoms with Crippen LogP contribution in [-0.4, -0.2) is 36.6 Å². The van der Waals surface area contributed by atoms with Gasteiger partial charge in [-0.15, -0.1) is 0 Å². The van der Waals surface area contributed by atoms with Crippen LogP contribution in [0.5, 0.6) is 0 Å². The lowest BCUT2D eigenvalue weighted by Crippen LogP contribution is -2.32. The number of hydrogen-bond acceptors (Lipinski definition) is 4. The normalized spacial score (nSPS) is 9.00. The van der Waals surface area contributed by atoms with Gasteiger partial charge in [0.1, 0.15) is 6.54 Å². The number of carbonyl (C=O) groups excluding carboxylic acids is 1. The molecular formula is C10H17N3O3. The molecule has 0 aliphatic heterocycles. The van der Waals surface area contributed by atoms with E-state index < -0.39 is 5.97 Å². The molecule has 90 valence electrons. The number of carboxylic acids is 1. The summed E-state index contributed by atoms with van der Waals surface area (Å²) >= 11 is 0. The quantitative estimate of drug-likeness (QED) is 0.423. The second-order valence-corrected chi connectivity index (χ2v) is 3.04. The molecule has 0 heterocycles. The van der Waals surface area contributed by atoms with Gasteiger partial charge in [0, 0.05) is 18.7 Å². The summed E-state index contributed by atoms with van der Waals surface area (Å²) in [5, 5.41) is 16.3. The molecule has 0 aliphatic rings. The second kappa shape index (κ2) is 8.34. The minimum absolute atomic E-state index is 0.209. The molecule has 0 aliphatic carbocycles. The first kappa shape index (κ1) is 14.0. The molecular weight excluding hydrogens is 210 g/mol. The van der Waals surface area contributed by atoms with Crippen molar-refractivity contribution < 1.29 is 14.7 Å². The summed E-state index contributed by atoms with van der Waals surface area (Å²) in [6.07, 6.45) is 1.76. The highest BCUT2D eigenvalue weighted by Gasteiger charge is 2.03. The fourth-order valence-corrected chi connectivity index (χ4v) is 0.873. The van der Waals surface area contributed by atoms with Gasteiger partial charge in [0.25, 0.3) is 0 Å². The summed E-state index contributed by atoms with van der Waals surface area (Å²) in [7, 11) is 0. The molecule has 0 rings (SSSR count). The van der Waals surface area contributed by atoms with Gasteiger partial charge in [-0.1, -0.05) is 13.2 Å². The van der Waals surface area contributed by atoms with E-state index in [0.29, 0.717) is 13.1 Å². The van der Waals surface area contributed by atoms with Crippen LogP contribution in [0, 0.1) is 0 Å². The first-order chi connectivity index (χ1) is 7.56. The maximum Gasteiger partial charge on any atom is 0.322 e. The number of carbonyl (C=O) groups is 2. The predicted molar refractivity (Wildman–Crippen MR) is 60.6 cm³/mol. The van der Waals surface area contributed by atoms with Gasteiger partial charge in [-0.25, -0.2) is 0 Å². The summed E-state index contributed by atoms with van der Waals surface area (Å²) in [6, 6.07) is 0. The molecule has 16 heavy (non-hydrogen) atoms. The summed E-state index contributed by atoms with van der Waals surface area (Å²) in [6.45, 7) is 7.81. The van der Waals surface area contributed by atoms with Gasteiger partial charge >= 0.3 is 5.97 Å². The molecule has 0 aromatic rings. The Labute approximate surface area is 94.4 Å². The lowest BCUT2D eigenvalue weighted by atomic mass is 10.3. The maximum atomic E-state index is 11.1. The van der Waals surface area contributed by atoms with Crippen molar-refractivity contribution in [3.63, 3.8) is 0 Å². The molecule has 4 N–H and O–H groups in total. The van der Waals surface area contributed by atoms with Crippen LogP contribution in [0.25, 0.3) is 0 Å². The Kier molecular flexibility index (Phi) is 7.31. The predicted octanol–water partition coefficient (Wildman–Crippen LogP) is -0.586. The van der Waals surface area contributed by atoms with Crippen LogP contribution in [0.1, 0.15) is 6.42 Å². The van der Waals surface area contributed by atoms with E-state index in [1.54, 1.807) is 6.20 Å². The third kappa shape index (κ3) is 8.61. The van der Waals surface area contributed by atoms with Crippen molar-refractivity contribution in [3.05, 3.63) is 25.1 Å². The minimum Gasteiger partial charge on any atom is -0.480 e. The molecule has 0 saturated carbocycles. The molecule has 0 aromatic carbocycles. The topological polar surface area (TPSA) is 90.5 Å². The van der Waals surface area contributed by atoms with Crippen LogP contribution in [0.3, 0.4) is 0 Å². The number of carboxylic acid groups (broad SMARTS) is 1. The Balaban J connectivity index is 3.50. The van der Waals surface area contributed by atoms with E-state index in [2.05, 4.69) is 29.1 Å². The lowest BCUT2D eigenvalue weighted by molar-refractivity contribution is -0.137. The number of rotatable bonds is 9. The summed E-state index contributed by atoms with van der Waals surface area (Å²) in [5.41, 5.74) is 0.742. The third-order valence-electron chi connectivity index (χ3n) is 1.62. The van der Waals surface area contributed by atoms with Crippen molar-refractivity contribution in [2.24, 2.45) is 0 Å². The van der Waals surface area contributed by atoms with Crippen LogP contribution in [0.4, 0.5) is 0 Å². The molecule has 0 unspecified atom stereocenters. The van der Waals surface area contributed by atoms with E-state index in [1.807, 2.05) is 0 Å². The van der Waals surface area contributed by atoms with Gasteiger partial charge in [-0.3, -0.25) is 9.59 Å². The lowest BCUT2D eigenvalue weighted by Gasteiger charge is -2.09. The van der Waals surface area contributed by atoms with Gasteiger partial charge in [0.15, 0.2) is 0 Å². The average molecular weight is 227 g/mol. The fourth-order valence-electron chi connectivity index (χ4n) is 0.873. The summed E-state index contributed by atoms with van der Waals surface area (Å²) in [4.78, 5) is 21.2. The zero-order valence-corrected chi connectivity index (χ0v) is 9.08. The molecule has 0 bridgehead atoms. The van der Waals surface area contributed by atoms with Gasteiger partial charge in [-0.2, -0.15) is 0 Å². The van der Waals surface area contributed by atoms with Crippen LogP contribution < -0.4 is 16.0 Å². The highest BCUT2D eigenvalue weighted by atomic mass is 16.4. The first-order valence-corrected chi connectivity index (χ1v) is 4.80. The zero-order chi connectivity index (χ0) is 12.4. The Morgan fingerprint density at radius 3 is 2.50 bits per heavy atom. The Bertz CT molecular complexity index is 276. The van der Waals surface area contributed by atoms with Crippen LogP contribution in [0.15, 0.2) is 25.1 Å². The van der Waals surface area contributed by atoms with Gasteiger partial charge in [-0.05, 0) is 6.20 Å². The Hall–Kier alpha value is -1.98. The number of amides is 1. The molecule has 0 saturated heterocycles. The molecule has 0 fully saturated rings. The monoisotopic (exact) mass is 227 g/mol. The van der Waals surface area contributed by atoms with Crippen molar-refractivity contribution in [2.45, 2.75) is 6.42 Å². The Morgan fingerprint density at radius 2 is 1.94 bits per heavy atom. The van der Waals surface area contributed by atoms with Crippen LogP contribution >= 0.6 is 0 Å². The molecule has 0 radical (unpaired) electrons. The van der Waals surface area contributed by atoms with E-state index >= 15 is 0 Å². The highest BCUT2D eigenvalue weighted by molar-refractivity contribution is 5.81.